The van der Waals surface area contributed by atoms with E-state index < -0.39 is 0 Å². The first kappa shape index (κ1) is 10.5. The lowest BCUT2D eigenvalue weighted by Crippen LogP contribution is -2.27. The summed E-state index contributed by atoms with van der Waals surface area (Å²) in [6.45, 7) is 4.58. The van der Waals surface area contributed by atoms with Crippen LogP contribution in [0.15, 0.2) is 11.4 Å². The number of hydrogen-bond donors (Lipinski definition) is 1. The van der Waals surface area contributed by atoms with Crippen molar-refractivity contribution in [3.8, 4) is 0 Å². The summed E-state index contributed by atoms with van der Waals surface area (Å²) >= 11 is 7.46. The van der Waals surface area contributed by atoms with Crippen LogP contribution in [0.3, 0.4) is 0 Å². The molecule has 1 nitrogen and oxygen atoms in total. The highest BCUT2D eigenvalue weighted by Gasteiger charge is 2.48. The number of thiophene rings is 1. The van der Waals surface area contributed by atoms with Crippen LogP contribution in [-0.2, 0) is 6.42 Å². The van der Waals surface area contributed by atoms with Crippen LogP contribution >= 0.6 is 22.9 Å². The summed E-state index contributed by atoms with van der Waals surface area (Å²) in [5.74, 6) is 0.696. The Morgan fingerprint density at radius 1 is 1.71 bits per heavy atom. The molecule has 2 unspecified atom stereocenters. The Bertz CT molecular complexity index is 332. The van der Waals surface area contributed by atoms with Gasteiger partial charge in [-0.3, -0.25) is 0 Å². The van der Waals surface area contributed by atoms with Crippen molar-refractivity contribution in [2.45, 2.75) is 32.7 Å². The zero-order valence-corrected chi connectivity index (χ0v) is 10.2. The van der Waals surface area contributed by atoms with E-state index in [4.69, 9.17) is 17.3 Å². The van der Waals surface area contributed by atoms with Gasteiger partial charge in [0.25, 0.3) is 0 Å². The summed E-state index contributed by atoms with van der Waals surface area (Å²) in [6, 6.07) is 2.33. The Kier molecular flexibility index (Phi) is 2.63. The van der Waals surface area contributed by atoms with Crippen molar-refractivity contribution in [3.63, 3.8) is 0 Å². The van der Waals surface area contributed by atoms with E-state index in [0.717, 1.165) is 10.8 Å². The first-order valence-corrected chi connectivity index (χ1v) is 6.23. The maximum atomic E-state index is 6.16. The molecule has 1 aliphatic carbocycles. The fourth-order valence-electron chi connectivity index (χ4n) is 2.11. The lowest BCUT2D eigenvalue weighted by Gasteiger charge is -2.12. The molecule has 0 radical (unpaired) electrons. The molecule has 0 aromatic carbocycles. The van der Waals surface area contributed by atoms with E-state index in [1.165, 1.54) is 12.0 Å². The summed E-state index contributed by atoms with van der Waals surface area (Å²) < 4.78 is 0.863. The van der Waals surface area contributed by atoms with Gasteiger partial charge in [0.1, 0.15) is 0 Å². The van der Waals surface area contributed by atoms with E-state index >= 15 is 0 Å². The first-order valence-electron chi connectivity index (χ1n) is 4.97. The van der Waals surface area contributed by atoms with Gasteiger partial charge in [-0.25, -0.2) is 0 Å². The molecule has 0 aliphatic heterocycles. The van der Waals surface area contributed by atoms with Gasteiger partial charge in [0.15, 0.2) is 0 Å². The lowest BCUT2D eigenvalue weighted by molar-refractivity contribution is 0.477. The zero-order chi connectivity index (χ0) is 10.3. The van der Waals surface area contributed by atoms with Crippen LogP contribution < -0.4 is 5.73 Å². The lowest BCUT2D eigenvalue weighted by atomic mass is 10.00. The van der Waals surface area contributed by atoms with Gasteiger partial charge in [0.05, 0.1) is 4.34 Å². The maximum Gasteiger partial charge on any atom is 0.0931 e. The highest BCUT2D eigenvalue weighted by molar-refractivity contribution is 7.14. The fraction of sp³-hybridized carbons (Fsp3) is 0.636. The summed E-state index contributed by atoms with van der Waals surface area (Å²) in [5.41, 5.74) is 7.92. The van der Waals surface area contributed by atoms with Gasteiger partial charge in [0, 0.05) is 6.04 Å². The molecule has 0 spiro atoms. The molecule has 2 atom stereocenters. The molecule has 1 fully saturated rings. The average Bonchev–Trinajstić information content (AvgIpc) is 2.51. The van der Waals surface area contributed by atoms with Crippen molar-refractivity contribution < 1.29 is 0 Å². The van der Waals surface area contributed by atoms with Crippen LogP contribution in [0.4, 0.5) is 0 Å². The average molecular weight is 230 g/mol. The molecule has 2 rings (SSSR count). The summed E-state index contributed by atoms with van der Waals surface area (Å²) in [7, 11) is 0. The minimum Gasteiger partial charge on any atom is -0.327 e. The van der Waals surface area contributed by atoms with Gasteiger partial charge in [0.2, 0.25) is 0 Å². The Morgan fingerprint density at radius 2 is 2.36 bits per heavy atom. The fourth-order valence-corrected chi connectivity index (χ4v) is 3.03. The molecule has 0 amide bonds. The van der Waals surface area contributed by atoms with E-state index in [9.17, 15) is 0 Å². The maximum absolute atomic E-state index is 6.16. The second kappa shape index (κ2) is 3.51. The van der Waals surface area contributed by atoms with Crippen molar-refractivity contribution in [1.29, 1.82) is 0 Å². The molecular weight excluding hydrogens is 214 g/mol. The van der Waals surface area contributed by atoms with Crippen molar-refractivity contribution in [2.75, 3.05) is 0 Å². The summed E-state index contributed by atoms with van der Waals surface area (Å²) in [5, 5.41) is 2.11. The standard InChI is InChI=1S/C11H16ClNS/c1-11(2)5-8(11)9(13)3-7-4-10(12)14-6-7/h4,6,8-9H,3,5,13H2,1-2H3. The SMILES string of the molecule is CC1(C)CC1C(N)Cc1csc(Cl)c1. The van der Waals surface area contributed by atoms with Crippen LogP contribution in [0.25, 0.3) is 0 Å². The Labute approximate surface area is 94.3 Å². The minimum atomic E-state index is 0.302. The van der Waals surface area contributed by atoms with Gasteiger partial charge >= 0.3 is 0 Å². The first-order chi connectivity index (χ1) is 6.49. The van der Waals surface area contributed by atoms with Gasteiger partial charge < -0.3 is 5.73 Å². The van der Waals surface area contributed by atoms with E-state index in [1.54, 1.807) is 11.3 Å². The number of hydrogen-bond acceptors (Lipinski definition) is 2. The van der Waals surface area contributed by atoms with Crippen LogP contribution in [0.2, 0.25) is 4.34 Å². The topological polar surface area (TPSA) is 26.0 Å². The molecule has 0 saturated heterocycles. The summed E-state index contributed by atoms with van der Waals surface area (Å²) in [4.78, 5) is 0. The van der Waals surface area contributed by atoms with Crippen LogP contribution in [0.5, 0.6) is 0 Å². The second-order valence-electron chi connectivity index (χ2n) is 4.93. The molecule has 1 aromatic heterocycles. The van der Waals surface area contributed by atoms with Crippen molar-refractivity contribution >= 4 is 22.9 Å². The third-order valence-corrected chi connectivity index (χ3v) is 4.34. The minimum absolute atomic E-state index is 0.302. The third kappa shape index (κ3) is 2.13. The van der Waals surface area contributed by atoms with Crippen LogP contribution in [0.1, 0.15) is 25.8 Å². The van der Waals surface area contributed by atoms with Gasteiger partial charge in [-0.1, -0.05) is 25.4 Å². The molecule has 3 heteroatoms. The Balaban J connectivity index is 1.93. The molecule has 14 heavy (non-hydrogen) atoms. The second-order valence-corrected chi connectivity index (χ2v) is 6.47. The zero-order valence-electron chi connectivity index (χ0n) is 8.59. The smallest absolute Gasteiger partial charge is 0.0931 e. The Morgan fingerprint density at radius 3 is 2.79 bits per heavy atom. The number of rotatable bonds is 3. The highest BCUT2D eigenvalue weighted by Crippen LogP contribution is 2.53. The molecule has 1 aromatic rings. The van der Waals surface area contributed by atoms with E-state index in [0.29, 0.717) is 17.4 Å². The predicted molar refractivity (Wildman–Crippen MR) is 62.9 cm³/mol. The largest absolute Gasteiger partial charge is 0.327 e. The van der Waals surface area contributed by atoms with Crippen molar-refractivity contribution in [1.82, 2.24) is 0 Å². The van der Waals surface area contributed by atoms with E-state index in [1.807, 2.05) is 6.07 Å². The van der Waals surface area contributed by atoms with Crippen LogP contribution in [0, 0.1) is 11.3 Å². The third-order valence-electron chi connectivity index (χ3n) is 3.20. The van der Waals surface area contributed by atoms with E-state index in [2.05, 4.69) is 19.2 Å². The van der Waals surface area contributed by atoms with Gasteiger partial charge in [-0.05, 0) is 41.2 Å². The molecule has 2 N–H and O–H groups in total. The summed E-state index contributed by atoms with van der Waals surface area (Å²) in [6.07, 6.45) is 2.24. The van der Waals surface area contributed by atoms with Crippen molar-refractivity contribution in [2.24, 2.45) is 17.1 Å². The molecule has 1 saturated carbocycles. The predicted octanol–water partition coefficient (Wildman–Crippen LogP) is 3.32. The van der Waals surface area contributed by atoms with E-state index in [-0.39, 0.29) is 0 Å². The van der Waals surface area contributed by atoms with Crippen molar-refractivity contribution in [3.05, 3.63) is 21.3 Å². The molecule has 0 bridgehead atoms. The number of nitrogens with two attached hydrogens (primary N) is 1. The van der Waals surface area contributed by atoms with Crippen LogP contribution in [-0.4, -0.2) is 6.04 Å². The van der Waals surface area contributed by atoms with Gasteiger partial charge in [-0.15, -0.1) is 11.3 Å². The van der Waals surface area contributed by atoms with Gasteiger partial charge in [-0.2, -0.15) is 0 Å². The quantitative estimate of drug-likeness (QED) is 0.846. The number of halogens is 1. The molecule has 1 aliphatic rings. The normalized spacial score (nSPS) is 26.1. The monoisotopic (exact) mass is 229 g/mol. The molecule has 78 valence electrons. The highest BCUT2D eigenvalue weighted by atomic mass is 35.5. The Hall–Kier alpha value is -0.0500. The molecular formula is C11H16ClNS. The molecule has 1 heterocycles.